The minimum atomic E-state index is -0.253. The van der Waals surface area contributed by atoms with Gasteiger partial charge < -0.3 is 10.9 Å². The highest BCUT2D eigenvalue weighted by atomic mass is 79.9. The molecule has 0 bridgehead atoms. The van der Waals surface area contributed by atoms with Gasteiger partial charge in [-0.05, 0) is 53.0 Å². The second-order valence-corrected chi connectivity index (χ2v) is 5.70. The lowest BCUT2D eigenvalue weighted by molar-refractivity contribution is 0.193. The minimum absolute atomic E-state index is 0.0997. The topological polar surface area (TPSA) is 61.9 Å². The predicted octanol–water partition coefficient (Wildman–Crippen LogP) is 2.55. The molecule has 0 saturated carbocycles. The highest BCUT2D eigenvalue weighted by Gasteiger charge is 2.23. The number of amidine groups is 1. The molecule has 6 heteroatoms. The number of nitrogens with two attached hydrogens (primary N) is 1. The molecule has 1 atom stereocenters. The van der Waals surface area contributed by atoms with Gasteiger partial charge in [-0.3, -0.25) is 4.90 Å². The first-order valence-corrected chi connectivity index (χ1v) is 7.03. The molecule has 4 nitrogen and oxygen atoms in total. The van der Waals surface area contributed by atoms with E-state index in [1.165, 1.54) is 6.07 Å². The van der Waals surface area contributed by atoms with Crippen LogP contribution in [-0.4, -0.2) is 29.0 Å². The first-order valence-electron chi connectivity index (χ1n) is 6.24. The van der Waals surface area contributed by atoms with E-state index in [1.807, 2.05) is 0 Å². The van der Waals surface area contributed by atoms with E-state index in [4.69, 9.17) is 10.9 Å². The van der Waals surface area contributed by atoms with Gasteiger partial charge in [-0.15, -0.1) is 0 Å². The van der Waals surface area contributed by atoms with Crippen molar-refractivity contribution in [2.24, 2.45) is 16.8 Å². The summed E-state index contributed by atoms with van der Waals surface area (Å²) in [6.07, 6.45) is 1.96. The second kappa shape index (κ2) is 6.34. The number of benzene rings is 1. The number of piperidine rings is 1. The Morgan fingerprint density at radius 1 is 1.58 bits per heavy atom. The molecule has 2 rings (SSSR count). The van der Waals surface area contributed by atoms with E-state index in [1.54, 1.807) is 12.1 Å². The Labute approximate surface area is 120 Å². The summed E-state index contributed by atoms with van der Waals surface area (Å²) in [7, 11) is 0. The Balaban J connectivity index is 2.00. The zero-order chi connectivity index (χ0) is 13.8. The molecule has 1 aromatic rings. The molecule has 19 heavy (non-hydrogen) atoms. The van der Waals surface area contributed by atoms with Crippen molar-refractivity contribution in [3.63, 3.8) is 0 Å². The van der Waals surface area contributed by atoms with Crippen LogP contribution < -0.4 is 5.73 Å². The fraction of sp³-hybridized carbons (Fsp3) is 0.462. The van der Waals surface area contributed by atoms with Crippen LogP contribution in [0.3, 0.4) is 0 Å². The SMILES string of the molecule is NC(=NO)C1CCCN(Cc2ccc(F)c(Br)c2)C1. The minimum Gasteiger partial charge on any atom is -0.409 e. The third kappa shape index (κ3) is 3.67. The zero-order valence-electron chi connectivity index (χ0n) is 10.5. The van der Waals surface area contributed by atoms with E-state index in [9.17, 15) is 4.39 Å². The van der Waals surface area contributed by atoms with Crippen molar-refractivity contribution in [1.29, 1.82) is 0 Å². The fourth-order valence-electron chi connectivity index (χ4n) is 2.42. The van der Waals surface area contributed by atoms with Crippen molar-refractivity contribution in [2.75, 3.05) is 13.1 Å². The Morgan fingerprint density at radius 2 is 2.37 bits per heavy atom. The maximum atomic E-state index is 13.2. The zero-order valence-corrected chi connectivity index (χ0v) is 12.1. The van der Waals surface area contributed by atoms with Gasteiger partial charge >= 0.3 is 0 Å². The number of halogens is 2. The molecule has 1 unspecified atom stereocenters. The van der Waals surface area contributed by atoms with E-state index in [-0.39, 0.29) is 11.7 Å². The summed E-state index contributed by atoms with van der Waals surface area (Å²) in [4.78, 5) is 2.24. The normalized spacial score (nSPS) is 21.6. The molecule has 1 aliphatic rings. The molecule has 0 radical (unpaired) electrons. The number of hydrogen-bond acceptors (Lipinski definition) is 3. The Morgan fingerprint density at radius 3 is 3.05 bits per heavy atom. The molecule has 1 aromatic carbocycles. The van der Waals surface area contributed by atoms with Crippen molar-refractivity contribution in [3.8, 4) is 0 Å². The summed E-state index contributed by atoms with van der Waals surface area (Å²) in [5.41, 5.74) is 6.71. The number of likely N-dealkylation sites (tertiary alicyclic amines) is 1. The van der Waals surface area contributed by atoms with Crippen LogP contribution in [0, 0.1) is 11.7 Å². The smallest absolute Gasteiger partial charge is 0.143 e. The Kier molecular flexibility index (Phi) is 4.76. The number of rotatable bonds is 3. The van der Waals surface area contributed by atoms with Gasteiger partial charge in [-0.2, -0.15) is 0 Å². The predicted molar refractivity (Wildman–Crippen MR) is 75.5 cm³/mol. The van der Waals surface area contributed by atoms with Gasteiger partial charge in [0.05, 0.1) is 4.47 Å². The summed E-state index contributed by atoms with van der Waals surface area (Å²) < 4.78 is 13.7. The van der Waals surface area contributed by atoms with Gasteiger partial charge in [0.25, 0.3) is 0 Å². The number of oxime groups is 1. The van der Waals surface area contributed by atoms with Crippen molar-refractivity contribution in [3.05, 3.63) is 34.1 Å². The van der Waals surface area contributed by atoms with E-state index >= 15 is 0 Å². The molecule has 1 saturated heterocycles. The van der Waals surface area contributed by atoms with Crippen LogP contribution in [0.4, 0.5) is 4.39 Å². The molecule has 0 amide bonds. The summed E-state index contributed by atoms with van der Waals surface area (Å²) >= 11 is 3.19. The van der Waals surface area contributed by atoms with E-state index in [0.717, 1.165) is 38.0 Å². The highest BCUT2D eigenvalue weighted by Crippen LogP contribution is 2.21. The van der Waals surface area contributed by atoms with E-state index in [0.29, 0.717) is 10.3 Å². The lowest BCUT2D eigenvalue weighted by atomic mass is 9.96. The molecule has 1 fully saturated rings. The van der Waals surface area contributed by atoms with E-state index < -0.39 is 0 Å². The lowest BCUT2D eigenvalue weighted by Gasteiger charge is -2.32. The molecular formula is C13H17BrFN3O. The summed E-state index contributed by atoms with van der Waals surface area (Å²) in [5, 5.41) is 11.8. The highest BCUT2D eigenvalue weighted by molar-refractivity contribution is 9.10. The van der Waals surface area contributed by atoms with Gasteiger partial charge in [-0.1, -0.05) is 11.2 Å². The monoisotopic (exact) mass is 329 g/mol. The lowest BCUT2D eigenvalue weighted by Crippen LogP contribution is -2.40. The van der Waals surface area contributed by atoms with Crippen molar-refractivity contribution < 1.29 is 9.60 Å². The van der Waals surface area contributed by atoms with Gasteiger partial charge in [-0.25, -0.2) is 4.39 Å². The Bertz CT molecular complexity index is 481. The third-order valence-electron chi connectivity index (χ3n) is 3.43. The van der Waals surface area contributed by atoms with Crippen LogP contribution in [0.25, 0.3) is 0 Å². The van der Waals surface area contributed by atoms with Gasteiger partial charge in [0.1, 0.15) is 11.7 Å². The van der Waals surface area contributed by atoms with Crippen molar-refractivity contribution in [1.82, 2.24) is 4.90 Å². The molecule has 0 aromatic heterocycles. The quantitative estimate of drug-likeness (QED) is 0.387. The van der Waals surface area contributed by atoms with Gasteiger partial charge in [0.2, 0.25) is 0 Å². The largest absolute Gasteiger partial charge is 0.409 e. The van der Waals surface area contributed by atoms with E-state index in [2.05, 4.69) is 26.0 Å². The first kappa shape index (κ1) is 14.3. The first-order chi connectivity index (χ1) is 9.10. The van der Waals surface area contributed by atoms with Crippen molar-refractivity contribution >= 4 is 21.8 Å². The van der Waals surface area contributed by atoms with Crippen LogP contribution in [0.15, 0.2) is 27.8 Å². The summed E-state index contributed by atoms with van der Waals surface area (Å²) in [6.45, 7) is 2.49. The van der Waals surface area contributed by atoms with Crippen LogP contribution in [0.5, 0.6) is 0 Å². The third-order valence-corrected chi connectivity index (χ3v) is 4.04. The summed E-state index contributed by atoms with van der Waals surface area (Å²) in [5.74, 6) is 0.143. The Hall–Kier alpha value is -1.14. The molecule has 3 N–H and O–H groups in total. The maximum absolute atomic E-state index is 13.2. The second-order valence-electron chi connectivity index (χ2n) is 4.85. The van der Waals surface area contributed by atoms with Gasteiger partial charge in [0.15, 0.2) is 0 Å². The molecule has 0 aliphatic carbocycles. The van der Waals surface area contributed by atoms with Crippen LogP contribution in [0.1, 0.15) is 18.4 Å². The van der Waals surface area contributed by atoms with Crippen LogP contribution in [0.2, 0.25) is 0 Å². The maximum Gasteiger partial charge on any atom is 0.143 e. The number of hydrogen-bond donors (Lipinski definition) is 2. The fourth-order valence-corrected chi connectivity index (χ4v) is 2.84. The summed E-state index contributed by atoms with van der Waals surface area (Å²) in [6, 6.07) is 5.04. The molecule has 1 aliphatic heterocycles. The van der Waals surface area contributed by atoms with Crippen LogP contribution in [-0.2, 0) is 6.54 Å². The van der Waals surface area contributed by atoms with Crippen molar-refractivity contribution in [2.45, 2.75) is 19.4 Å². The molecule has 0 spiro atoms. The average Bonchev–Trinajstić information content (AvgIpc) is 2.42. The number of nitrogens with zero attached hydrogens (tertiary/aromatic N) is 2. The molecule has 1 heterocycles. The molecule has 104 valence electrons. The molecular weight excluding hydrogens is 313 g/mol. The van der Waals surface area contributed by atoms with Crippen LogP contribution >= 0.6 is 15.9 Å². The van der Waals surface area contributed by atoms with Gasteiger partial charge in [0, 0.05) is 19.0 Å². The average molecular weight is 330 g/mol. The standard InChI is InChI=1S/C13H17BrFN3O/c14-11-6-9(3-4-12(11)15)7-18-5-1-2-10(8-18)13(16)17-19/h3-4,6,10,19H,1-2,5,7-8H2,(H2,16,17).